The predicted octanol–water partition coefficient (Wildman–Crippen LogP) is 5.32. The van der Waals surface area contributed by atoms with Crippen molar-refractivity contribution in [3.05, 3.63) is 0 Å². The van der Waals surface area contributed by atoms with Crippen molar-refractivity contribution in [2.24, 2.45) is 29.6 Å². The van der Waals surface area contributed by atoms with E-state index in [9.17, 15) is 8.42 Å². The topological polar surface area (TPSA) is 59.1 Å². The number of fused-ring (bicyclic) bond motifs is 1. The Morgan fingerprint density at radius 2 is 1.51 bits per heavy atom. The highest BCUT2D eigenvalue weighted by Crippen LogP contribution is 2.49. The van der Waals surface area contributed by atoms with E-state index in [4.69, 9.17) is 9.47 Å². The molecule has 0 amide bonds. The van der Waals surface area contributed by atoms with Gasteiger partial charge in [0, 0.05) is 39.4 Å². The molecule has 5 aliphatic rings. The molecule has 3 aliphatic carbocycles. The summed E-state index contributed by atoms with van der Waals surface area (Å²) in [6, 6.07) is 0.823. The van der Waals surface area contributed by atoms with E-state index in [1.165, 1.54) is 57.8 Å². The summed E-state index contributed by atoms with van der Waals surface area (Å²) in [6.45, 7) is 5.46. The molecule has 3 saturated carbocycles. The molecule has 7 heteroatoms. The fourth-order valence-electron chi connectivity index (χ4n) is 9.26. The zero-order valence-corrected chi connectivity index (χ0v) is 24.7. The van der Waals surface area contributed by atoms with Crippen LogP contribution in [0.2, 0.25) is 0 Å². The summed E-state index contributed by atoms with van der Waals surface area (Å²) in [5.74, 6) is 3.25. The fourth-order valence-corrected chi connectivity index (χ4v) is 11.6. The second-order valence-electron chi connectivity index (χ2n) is 13.3. The lowest BCUT2D eigenvalue weighted by atomic mass is 9.63. The van der Waals surface area contributed by atoms with Crippen LogP contribution in [0.3, 0.4) is 0 Å². The number of methoxy groups -OCH3 is 2. The molecular weight excluding hydrogens is 484 g/mol. The Labute approximate surface area is 227 Å². The van der Waals surface area contributed by atoms with Gasteiger partial charge in [0.2, 0.25) is 10.0 Å². The van der Waals surface area contributed by atoms with Crippen LogP contribution in [-0.2, 0) is 19.5 Å². The van der Waals surface area contributed by atoms with Gasteiger partial charge in [-0.2, -0.15) is 0 Å². The summed E-state index contributed by atoms with van der Waals surface area (Å²) >= 11 is 0. The monoisotopic (exact) mass is 538 g/mol. The van der Waals surface area contributed by atoms with Gasteiger partial charge in [0.1, 0.15) is 0 Å². The minimum Gasteiger partial charge on any atom is -0.383 e. The molecule has 7 atom stereocenters. The first-order chi connectivity index (χ1) is 17.9. The Balaban J connectivity index is 1.27. The Morgan fingerprint density at radius 1 is 0.784 bits per heavy atom. The minimum absolute atomic E-state index is 0.177. The number of hydrogen-bond donors (Lipinski definition) is 0. The number of rotatable bonds is 7. The van der Waals surface area contributed by atoms with E-state index in [0.717, 1.165) is 57.1 Å². The average molecular weight is 539 g/mol. The first-order valence-corrected chi connectivity index (χ1v) is 17.2. The standard InChI is InChI=1S/C30H54N2O4S/c1-22-9-4-5-12-29(22)37(33,34)31-17-6-7-18-32-27(20-31)30(28(32)21-35-2)24-15-13-23(14-16-24)25-10-8-11-26(19-25)36-3/h22-30H,4-21H2,1-3H3/t22?,23?,24?,25?,26?,27?,28-,29?,30+/m1/s1. The van der Waals surface area contributed by atoms with E-state index in [0.29, 0.717) is 43.1 Å². The van der Waals surface area contributed by atoms with Gasteiger partial charge in [0.05, 0.1) is 18.0 Å². The van der Waals surface area contributed by atoms with Gasteiger partial charge < -0.3 is 9.47 Å². The number of sulfonamides is 1. The molecule has 0 spiro atoms. The highest BCUT2D eigenvalue weighted by molar-refractivity contribution is 7.89. The smallest absolute Gasteiger partial charge is 0.217 e. The maximum Gasteiger partial charge on any atom is 0.217 e. The molecule has 0 bridgehead atoms. The molecule has 6 nitrogen and oxygen atoms in total. The molecule has 0 aromatic rings. The van der Waals surface area contributed by atoms with E-state index in [1.54, 1.807) is 0 Å². The summed E-state index contributed by atoms with van der Waals surface area (Å²) in [5.41, 5.74) is 0. The Hall–Kier alpha value is -0.210. The number of nitrogens with zero attached hydrogens (tertiary/aromatic N) is 2. The average Bonchev–Trinajstić information content (AvgIpc) is 2.90. The zero-order valence-electron chi connectivity index (χ0n) is 23.9. The first kappa shape index (κ1) is 28.3. The second kappa shape index (κ2) is 12.5. The zero-order chi connectivity index (χ0) is 26.0. The van der Waals surface area contributed by atoms with Crippen molar-refractivity contribution >= 4 is 10.0 Å². The van der Waals surface area contributed by atoms with Gasteiger partial charge in [-0.1, -0.05) is 26.2 Å². The van der Waals surface area contributed by atoms with Crippen molar-refractivity contribution in [1.82, 2.24) is 9.21 Å². The van der Waals surface area contributed by atoms with Crippen LogP contribution < -0.4 is 0 Å². The molecule has 5 fully saturated rings. The summed E-state index contributed by atoms with van der Waals surface area (Å²) < 4.78 is 41.3. The molecule has 0 N–H and O–H groups in total. The SMILES string of the molecule is COC[C@@H]1[C@@H](C2CCC(C3CCCC(OC)C3)CC2)C2CN(S(=O)(=O)C3CCCCC3C)CCCCN21. The van der Waals surface area contributed by atoms with Crippen LogP contribution in [0.5, 0.6) is 0 Å². The Kier molecular flexibility index (Phi) is 9.59. The largest absolute Gasteiger partial charge is 0.383 e. The van der Waals surface area contributed by atoms with Crippen molar-refractivity contribution in [2.45, 2.75) is 120 Å². The summed E-state index contributed by atoms with van der Waals surface area (Å²) in [4.78, 5) is 2.64. The first-order valence-electron chi connectivity index (χ1n) is 15.7. The Morgan fingerprint density at radius 3 is 2.24 bits per heavy atom. The van der Waals surface area contributed by atoms with E-state index >= 15 is 0 Å². The molecule has 2 aliphatic heterocycles. The molecule has 214 valence electrons. The molecule has 37 heavy (non-hydrogen) atoms. The van der Waals surface area contributed by atoms with Crippen molar-refractivity contribution in [3.8, 4) is 0 Å². The van der Waals surface area contributed by atoms with Crippen LogP contribution in [0.1, 0.15) is 96.8 Å². The molecule has 5 rings (SSSR count). The maximum absolute atomic E-state index is 13.9. The molecule has 2 heterocycles. The lowest BCUT2D eigenvalue weighted by Gasteiger charge is -2.60. The molecule has 2 saturated heterocycles. The molecule has 5 unspecified atom stereocenters. The van der Waals surface area contributed by atoms with Gasteiger partial charge >= 0.3 is 0 Å². The predicted molar refractivity (Wildman–Crippen MR) is 149 cm³/mol. The highest BCUT2D eigenvalue weighted by atomic mass is 32.2. The van der Waals surface area contributed by atoms with Gasteiger partial charge in [-0.25, -0.2) is 12.7 Å². The lowest BCUT2D eigenvalue weighted by Crippen LogP contribution is -2.71. The van der Waals surface area contributed by atoms with E-state index in [-0.39, 0.29) is 11.2 Å². The van der Waals surface area contributed by atoms with Crippen LogP contribution in [0.15, 0.2) is 0 Å². The van der Waals surface area contributed by atoms with Crippen molar-refractivity contribution in [2.75, 3.05) is 40.5 Å². The van der Waals surface area contributed by atoms with Gasteiger partial charge in [-0.05, 0) is 107 Å². The summed E-state index contributed by atoms with van der Waals surface area (Å²) in [7, 11) is 0.472. The van der Waals surface area contributed by atoms with Crippen molar-refractivity contribution in [3.63, 3.8) is 0 Å². The molecular formula is C30H54N2O4S. The van der Waals surface area contributed by atoms with Crippen molar-refractivity contribution < 1.29 is 17.9 Å². The molecule has 0 aromatic carbocycles. The quantitative estimate of drug-likeness (QED) is 0.439. The fraction of sp³-hybridized carbons (Fsp3) is 1.00. The Bertz CT molecular complexity index is 829. The van der Waals surface area contributed by atoms with E-state index in [1.807, 2.05) is 18.5 Å². The van der Waals surface area contributed by atoms with Gasteiger partial charge in [0.15, 0.2) is 0 Å². The van der Waals surface area contributed by atoms with Crippen LogP contribution in [-0.4, -0.2) is 81.5 Å². The van der Waals surface area contributed by atoms with Crippen LogP contribution in [0.25, 0.3) is 0 Å². The third-order valence-corrected chi connectivity index (χ3v) is 13.9. The van der Waals surface area contributed by atoms with Crippen LogP contribution in [0.4, 0.5) is 0 Å². The van der Waals surface area contributed by atoms with E-state index < -0.39 is 10.0 Å². The maximum atomic E-state index is 13.9. The van der Waals surface area contributed by atoms with Crippen molar-refractivity contribution in [1.29, 1.82) is 0 Å². The van der Waals surface area contributed by atoms with Gasteiger partial charge in [-0.3, -0.25) is 4.90 Å². The minimum atomic E-state index is -3.25. The molecule has 0 aromatic heterocycles. The third-order valence-electron chi connectivity index (χ3n) is 11.3. The lowest BCUT2D eigenvalue weighted by molar-refractivity contribution is -0.128. The van der Waals surface area contributed by atoms with Gasteiger partial charge in [0.25, 0.3) is 0 Å². The van der Waals surface area contributed by atoms with Crippen LogP contribution in [0, 0.1) is 29.6 Å². The summed E-state index contributed by atoms with van der Waals surface area (Å²) in [5, 5.41) is -0.177. The highest BCUT2D eigenvalue weighted by Gasteiger charge is 2.53. The molecule has 0 radical (unpaired) electrons. The number of hydrogen-bond acceptors (Lipinski definition) is 5. The third kappa shape index (κ3) is 5.96. The normalized spacial score (nSPS) is 42.8. The van der Waals surface area contributed by atoms with Gasteiger partial charge in [-0.15, -0.1) is 0 Å². The second-order valence-corrected chi connectivity index (χ2v) is 15.4. The number of ether oxygens (including phenoxy) is 2. The van der Waals surface area contributed by atoms with E-state index in [2.05, 4.69) is 11.8 Å². The van der Waals surface area contributed by atoms with Crippen LogP contribution >= 0.6 is 0 Å². The summed E-state index contributed by atoms with van der Waals surface area (Å²) in [6.07, 6.45) is 17.2.